The third-order valence-corrected chi connectivity index (χ3v) is 3.68. The zero-order chi connectivity index (χ0) is 14.8. The predicted molar refractivity (Wildman–Crippen MR) is 82.0 cm³/mol. The van der Waals surface area contributed by atoms with Crippen LogP contribution < -0.4 is 5.32 Å². The van der Waals surface area contributed by atoms with Crippen LogP contribution in [0.5, 0.6) is 0 Å². The molecule has 0 bridgehead atoms. The SMILES string of the molecule is CC(C)(C)NCc1ccnn1Cc1ccc(F)cc1Br. The normalized spacial score (nSPS) is 11.8. The molecule has 2 rings (SSSR count). The van der Waals surface area contributed by atoms with Crippen LogP contribution in [0.4, 0.5) is 4.39 Å². The van der Waals surface area contributed by atoms with E-state index >= 15 is 0 Å². The van der Waals surface area contributed by atoms with Gasteiger partial charge in [0.05, 0.1) is 12.2 Å². The van der Waals surface area contributed by atoms with Gasteiger partial charge in [-0.25, -0.2) is 4.39 Å². The van der Waals surface area contributed by atoms with Gasteiger partial charge in [-0.05, 0) is 44.5 Å². The number of halogens is 2. The van der Waals surface area contributed by atoms with Gasteiger partial charge in [0.2, 0.25) is 0 Å². The fraction of sp³-hybridized carbons (Fsp3) is 0.400. The third-order valence-electron chi connectivity index (χ3n) is 2.94. The third kappa shape index (κ3) is 4.15. The van der Waals surface area contributed by atoms with E-state index in [1.54, 1.807) is 12.3 Å². The van der Waals surface area contributed by atoms with E-state index in [0.717, 1.165) is 22.3 Å². The summed E-state index contributed by atoms with van der Waals surface area (Å²) >= 11 is 3.39. The van der Waals surface area contributed by atoms with Gasteiger partial charge >= 0.3 is 0 Å². The second-order valence-corrected chi connectivity index (χ2v) is 6.67. The Kier molecular flexibility index (Phi) is 4.60. The van der Waals surface area contributed by atoms with Crippen molar-refractivity contribution in [2.75, 3.05) is 0 Å². The summed E-state index contributed by atoms with van der Waals surface area (Å²) in [4.78, 5) is 0. The summed E-state index contributed by atoms with van der Waals surface area (Å²) in [6.07, 6.45) is 1.79. The number of hydrogen-bond donors (Lipinski definition) is 1. The molecule has 1 N–H and O–H groups in total. The first-order valence-electron chi connectivity index (χ1n) is 6.55. The minimum atomic E-state index is -0.240. The summed E-state index contributed by atoms with van der Waals surface area (Å²) in [5.41, 5.74) is 2.18. The molecule has 0 radical (unpaired) electrons. The molecule has 0 saturated heterocycles. The maximum absolute atomic E-state index is 13.1. The monoisotopic (exact) mass is 339 g/mol. The first kappa shape index (κ1) is 15.2. The maximum Gasteiger partial charge on any atom is 0.124 e. The molecule has 0 aliphatic rings. The van der Waals surface area contributed by atoms with E-state index in [2.05, 4.69) is 47.1 Å². The Bertz CT molecular complexity index is 587. The minimum Gasteiger partial charge on any atom is -0.306 e. The van der Waals surface area contributed by atoms with Crippen molar-refractivity contribution in [3.8, 4) is 0 Å². The van der Waals surface area contributed by atoms with Crippen LogP contribution in [-0.2, 0) is 13.1 Å². The summed E-state index contributed by atoms with van der Waals surface area (Å²) in [7, 11) is 0. The van der Waals surface area contributed by atoms with Gasteiger partial charge in [-0.15, -0.1) is 0 Å². The van der Waals surface area contributed by atoms with Crippen molar-refractivity contribution in [3.63, 3.8) is 0 Å². The van der Waals surface area contributed by atoms with Gasteiger partial charge in [-0.2, -0.15) is 5.10 Å². The van der Waals surface area contributed by atoms with Gasteiger partial charge in [-0.1, -0.05) is 22.0 Å². The molecule has 3 nitrogen and oxygen atoms in total. The predicted octanol–water partition coefficient (Wildman–Crippen LogP) is 3.72. The number of aromatic nitrogens is 2. The zero-order valence-electron chi connectivity index (χ0n) is 12.0. The van der Waals surface area contributed by atoms with E-state index in [0.29, 0.717) is 6.54 Å². The van der Waals surface area contributed by atoms with Crippen LogP contribution in [0, 0.1) is 5.82 Å². The lowest BCUT2D eigenvalue weighted by molar-refractivity contribution is 0.414. The first-order chi connectivity index (χ1) is 9.35. The van der Waals surface area contributed by atoms with Gasteiger partial charge in [0.1, 0.15) is 5.82 Å². The molecule has 1 aromatic heterocycles. The standard InChI is InChI=1S/C15H19BrFN3/c1-15(2,3)18-9-13-6-7-19-20(13)10-11-4-5-12(17)8-14(11)16/h4-8,18H,9-10H2,1-3H3. The Morgan fingerprint density at radius 3 is 2.70 bits per heavy atom. The fourth-order valence-electron chi connectivity index (χ4n) is 1.82. The lowest BCUT2D eigenvalue weighted by Crippen LogP contribution is -2.35. The second kappa shape index (κ2) is 6.06. The fourth-order valence-corrected chi connectivity index (χ4v) is 2.30. The van der Waals surface area contributed by atoms with Crippen molar-refractivity contribution in [1.29, 1.82) is 0 Å². The van der Waals surface area contributed by atoms with Crippen molar-refractivity contribution in [2.45, 2.75) is 39.4 Å². The van der Waals surface area contributed by atoms with Gasteiger partial charge < -0.3 is 5.32 Å². The summed E-state index contributed by atoms with van der Waals surface area (Å²) in [6, 6.07) is 6.72. The summed E-state index contributed by atoms with van der Waals surface area (Å²) < 4.78 is 15.8. The number of rotatable bonds is 4. The molecule has 0 amide bonds. The van der Waals surface area contributed by atoms with E-state index in [9.17, 15) is 4.39 Å². The van der Waals surface area contributed by atoms with Crippen molar-refractivity contribution >= 4 is 15.9 Å². The minimum absolute atomic E-state index is 0.0611. The van der Waals surface area contributed by atoms with Crippen molar-refractivity contribution < 1.29 is 4.39 Å². The molecular weight excluding hydrogens is 321 g/mol. The highest BCUT2D eigenvalue weighted by molar-refractivity contribution is 9.10. The highest BCUT2D eigenvalue weighted by atomic mass is 79.9. The van der Waals surface area contributed by atoms with Gasteiger partial charge in [-0.3, -0.25) is 4.68 Å². The molecule has 0 aliphatic heterocycles. The molecule has 1 heterocycles. The van der Waals surface area contributed by atoms with Crippen LogP contribution in [0.2, 0.25) is 0 Å². The average Bonchev–Trinajstić information content (AvgIpc) is 2.77. The number of hydrogen-bond acceptors (Lipinski definition) is 2. The topological polar surface area (TPSA) is 29.9 Å². The van der Waals surface area contributed by atoms with E-state index in [4.69, 9.17) is 0 Å². The number of nitrogens with one attached hydrogen (secondary N) is 1. The van der Waals surface area contributed by atoms with Gasteiger partial charge in [0.15, 0.2) is 0 Å². The van der Waals surface area contributed by atoms with Crippen molar-refractivity contribution in [1.82, 2.24) is 15.1 Å². The molecule has 0 saturated carbocycles. The summed E-state index contributed by atoms with van der Waals surface area (Å²) in [6.45, 7) is 7.76. The van der Waals surface area contributed by atoms with E-state index in [-0.39, 0.29) is 11.4 Å². The first-order valence-corrected chi connectivity index (χ1v) is 7.34. The van der Waals surface area contributed by atoms with Gasteiger partial charge in [0, 0.05) is 22.8 Å². The molecule has 1 aromatic carbocycles. The van der Waals surface area contributed by atoms with Gasteiger partial charge in [0.25, 0.3) is 0 Å². The Labute approximate surface area is 127 Å². The molecular formula is C15H19BrFN3. The van der Waals surface area contributed by atoms with Crippen LogP contribution in [0.25, 0.3) is 0 Å². The Morgan fingerprint density at radius 1 is 1.30 bits per heavy atom. The molecule has 20 heavy (non-hydrogen) atoms. The molecule has 0 spiro atoms. The zero-order valence-corrected chi connectivity index (χ0v) is 13.5. The molecule has 0 atom stereocenters. The lowest BCUT2D eigenvalue weighted by atomic mass is 10.1. The van der Waals surface area contributed by atoms with Crippen LogP contribution in [0.1, 0.15) is 32.0 Å². The number of benzene rings is 1. The summed E-state index contributed by atoms with van der Waals surface area (Å²) in [5.74, 6) is -0.240. The molecule has 0 unspecified atom stereocenters. The smallest absolute Gasteiger partial charge is 0.124 e. The highest BCUT2D eigenvalue weighted by Gasteiger charge is 2.11. The molecule has 0 aliphatic carbocycles. The van der Waals surface area contributed by atoms with Crippen LogP contribution in [0.15, 0.2) is 34.9 Å². The van der Waals surface area contributed by atoms with E-state index in [1.165, 1.54) is 12.1 Å². The van der Waals surface area contributed by atoms with Crippen LogP contribution >= 0.6 is 15.9 Å². The average molecular weight is 340 g/mol. The highest BCUT2D eigenvalue weighted by Crippen LogP contribution is 2.19. The molecule has 5 heteroatoms. The van der Waals surface area contributed by atoms with Crippen molar-refractivity contribution in [3.05, 3.63) is 52.0 Å². The van der Waals surface area contributed by atoms with Crippen LogP contribution in [-0.4, -0.2) is 15.3 Å². The quantitative estimate of drug-likeness (QED) is 0.919. The van der Waals surface area contributed by atoms with Crippen molar-refractivity contribution in [2.24, 2.45) is 0 Å². The molecule has 2 aromatic rings. The second-order valence-electron chi connectivity index (χ2n) is 5.82. The van der Waals surface area contributed by atoms with Crippen LogP contribution in [0.3, 0.4) is 0 Å². The number of nitrogens with zero attached hydrogens (tertiary/aromatic N) is 2. The lowest BCUT2D eigenvalue weighted by Gasteiger charge is -2.21. The Balaban J connectivity index is 2.12. The Hall–Kier alpha value is -1.20. The summed E-state index contributed by atoms with van der Waals surface area (Å²) in [5, 5.41) is 7.78. The van der Waals surface area contributed by atoms with E-state index in [1.807, 2.05) is 10.7 Å². The van der Waals surface area contributed by atoms with E-state index < -0.39 is 0 Å². The Morgan fingerprint density at radius 2 is 2.05 bits per heavy atom. The largest absolute Gasteiger partial charge is 0.306 e. The molecule has 108 valence electrons. The maximum atomic E-state index is 13.1. The molecule has 0 fully saturated rings.